The van der Waals surface area contributed by atoms with E-state index in [1.54, 1.807) is 0 Å². The Labute approximate surface area is 82.6 Å². The van der Waals surface area contributed by atoms with E-state index in [-0.39, 0.29) is 21.1 Å². The summed E-state index contributed by atoms with van der Waals surface area (Å²) in [6.07, 6.45) is 3.22. The van der Waals surface area contributed by atoms with Crippen molar-refractivity contribution in [2.75, 3.05) is 0 Å². The van der Waals surface area contributed by atoms with E-state index in [1.807, 2.05) is 6.92 Å². The second-order valence-electron chi connectivity index (χ2n) is 2.70. The number of carboxylic acid groups (broad SMARTS) is 1. The predicted molar refractivity (Wildman–Crippen MR) is 40.6 cm³/mol. The average molecular weight is 327 g/mol. The van der Waals surface area contributed by atoms with Gasteiger partial charge in [0.2, 0.25) is 0 Å². The van der Waals surface area contributed by atoms with Gasteiger partial charge in [0.15, 0.2) is 0 Å². The van der Waals surface area contributed by atoms with Crippen LogP contribution in [0.3, 0.4) is 0 Å². The van der Waals surface area contributed by atoms with Crippen molar-refractivity contribution < 1.29 is 31.0 Å². The molecule has 2 nitrogen and oxygen atoms in total. The van der Waals surface area contributed by atoms with E-state index in [1.165, 1.54) is 0 Å². The first-order valence-electron chi connectivity index (χ1n) is 3.68. The molecule has 3 heteroatoms. The van der Waals surface area contributed by atoms with Gasteiger partial charge in [-0.05, 0) is 5.92 Å². The van der Waals surface area contributed by atoms with Gasteiger partial charge < -0.3 is 12.0 Å². The summed E-state index contributed by atoms with van der Waals surface area (Å²) >= 11 is 0. The number of aliphatic carboxylic acids is 1. The maximum atomic E-state index is 10.2. The first-order chi connectivity index (χ1) is 4.66. The molecule has 0 rings (SSSR count). The molecule has 1 unspecified atom stereocenters. The molecular formula is C8H15O2W-. The summed E-state index contributed by atoms with van der Waals surface area (Å²) in [5, 5.41) is 8.37. The van der Waals surface area contributed by atoms with Crippen molar-refractivity contribution in [3.05, 3.63) is 6.92 Å². The van der Waals surface area contributed by atoms with Crippen LogP contribution in [0.15, 0.2) is 0 Å². The molecular weight excluding hydrogens is 312 g/mol. The zero-order valence-corrected chi connectivity index (χ0v) is 9.81. The zero-order valence-electron chi connectivity index (χ0n) is 6.88. The van der Waals surface area contributed by atoms with Crippen LogP contribution in [0, 0.1) is 12.8 Å². The quantitative estimate of drug-likeness (QED) is 0.786. The summed E-state index contributed by atoms with van der Waals surface area (Å²) in [6, 6.07) is 0. The van der Waals surface area contributed by atoms with Crippen LogP contribution < -0.4 is 0 Å². The van der Waals surface area contributed by atoms with Crippen LogP contribution in [-0.4, -0.2) is 11.1 Å². The minimum Gasteiger partial charge on any atom is -0.481 e. The van der Waals surface area contributed by atoms with E-state index >= 15 is 0 Å². The Hall–Kier alpha value is 0.158. The standard InChI is InChI=1S/C8H15O2.W/c1-3-4-5-7(2)6-8(9)10;/h7H,1,3-6H2,2H3,(H,9,10);/q-1;. The second kappa shape index (κ2) is 8.26. The summed E-state index contributed by atoms with van der Waals surface area (Å²) in [6.45, 7) is 5.65. The Bertz CT molecular complexity index is 104. The molecule has 0 fully saturated rings. The second-order valence-corrected chi connectivity index (χ2v) is 2.70. The largest absolute Gasteiger partial charge is 0.481 e. The van der Waals surface area contributed by atoms with Crippen molar-refractivity contribution in [1.29, 1.82) is 0 Å². The first kappa shape index (κ1) is 13.7. The van der Waals surface area contributed by atoms with Crippen molar-refractivity contribution >= 4 is 5.97 Å². The molecule has 11 heavy (non-hydrogen) atoms. The summed E-state index contributed by atoms with van der Waals surface area (Å²) < 4.78 is 0. The fourth-order valence-corrected chi connectivity index (χ4v) is 0.893. The van der Waals surface area contributed by atoms with Gasteiger partial charge in [-0.2, -0.15) is 6.42 Å². The summed E-state index contributed by atoms with van der Waals surface area (Å²) in [5.41, 5.74) is 0. The van der Waals surface area contributed by atoms with Crippen LogP contribution >= 0.6 is 0 Å². The number of carbonyl (C=O) groups is 1. The minimum atomic E-state index is -0.698. The predicted octanol–water partition coefficient (Wildman–Crippen LogP) is 2.10. The average Bonchev–Trinajstić information content (AvgIpc) is 1.82. The molecule has 0 spiro atoms. The van der Waals surface area contributed by atoms with Crippen LogP contribution in [-0.2, 0) is 25.9 Å². The summed E-state index contributed by atoms with van der Waals surface area (Å²) in [4.78, 5) is 10.2. The van der Waals surface area contributed by atoms with Gasteiger partial charge >= 0.3 is 5.97 Å². The number of rotatable bonds is 5. The van der Waals surface area contributed by atoms with Gasteiger partial charge in [0.25, 0.3) is 0 Å². The normalized spacial score (nSPS) is 11.8. The zero-order chi connectivity index (χ0) is 7.98. The van der Waals surface area contributed by atoms with Crippen LogP contribution in [0.2, 0.25) is 0 Å². The Morgan fingerprint density at radius 3 is 2.55 bits per heavy atom. The fraction of sp³-hybridized carbons (Fsp3) is 0.750. The molecule has 0 radical (unpaired) electrons. The number of unbranched alkanes of at least 4 members (excludes halogenated alkanes) is 1. The Balaban J connectivity index is 0. The molecule has 0 aliphatic carbocycles. The monoisotopic (exact) mass is 327 g/mol. The van der Waals surface area contributed by atoms with Gasteiger partial charge in [-0.25, -0.2) is 0 Å². The molecule has 0 aromatic carbocycles. The van der Waals surface area contributed by atoms with Crippen LogP contribution in [0.4, 0.5) is 0 Å². The van der Waals surface area contributed by atoms with Crippen molar-refractivity contribution in [1.82, 2.24) is 0 Å². The molecule has 0 aliphatic heterocycles. The first-order valence-corrected chi connectivity index (χ1v) is 3.68. The van der Waals surface area contributed by atoms with Gasteiger partial charge in [-0.15, -0.1) is 0 Å². The van der Waals surface area contributed by atoms with E-state index in [0.29, 0.717) is 12.3 Å². The minimum absolute atomic E-state index is 0. The van der Waals surface area contributed by atoms with Crippen LogP contribution in [0.1, 0.15) is 32.6 Å². The van der Waals surface area contributed by atoms with Gasteiger partial charge in [-0.1, -0.05) is 19.8 Å². The maximum Gasteiger partial charge on any atom is 0.303 e. The van der Waals surface area contributed by atoms with Crippen molar-refractivity contribution in [2.24, 2.45) is 5.92 Å². The molecule has 0 aromatic rings. The van der Waals surface area contributed by atoms with Gasteiger partial charge in [-0.3, -0.25) is 4.79 Å². The van der Waals surface area contributed by atoms with Gasteiger partial charge in [0.05, 0.1) is 0 Å². The number of carboxylic acids is 1. The third-order valence-corrected chi connectivity index (χ3v) is 1.47. The molecule has 1 atom stereocenters. The molecule has 0 saturated heterocycles. The van der Waals surface area contributed by atoms with E-state index in [4.69, 9.17) is 5.11 Å². The van der Waals surface area contributed by atoms with Crippen molar-refractivity contribution in [3.8, 4) is 0 Å². The molecule has 1 N–H and O–H groups in total. The van der Waals surface area contributed by atoms with Crippen molar-refractivity contribution in [3.63, 3.8) is 0 Å². The third kappa shape index (κ3) is 10.2. The summed E-state index contributed by atoms with van der Waals surface area (Å²) in [7, 11) is 0. The Morgan fingerprint density at radius 2 is 2.18 bits per heavy atom. The maximum absolute atomic E-state index is 10.2. The molecule has 0 aliphatic rings. The Kier molecular flexibility index (Phi) is 10.3. The fourth-order valence-electron chi connectivity index (χ4n) is 0.893. The molecule has 0 saturated carbocycles. The molecule has 0 amide bonds. The van der Waals surface area contributed by atoms with Crippen LogP contribution in [0.25, 0.3) is 0 Å². The van der Waals surface area contributed by atoms with Gasteiger partial charge in [0.1, 0.15) is 0 Å². The SMILES string of the molecule is [CH2-]CCCC(C)CC(=O)O.[W]. The van der Waals surface area contributed by atoms with E-state index in [0.717, 1.165) is 19.3 Å². The third-order valence-electron chi connectivity index (χ3n) is 1.47. The number of hydrogen-bond donors (Lipinski definition) is 1. The smallest absolute Gasteiger partial charge is 0.303 e. The van der Waals surface area contributed by atoms with E-state index in [2.05, 4.69) is 6.92 Å². The topological polar surface area (TPSA) is 37.3 Å². The van der Waals surface area contributed by atoms with Crippen molar-refractivity contribution in [2.45, 2.75) is 32.6 Å². The molecule has 0 aromatic heterocycles. The van der Waals surface area contributed by atoms with Gasteiger partial charge in [0, 0.05) is 27.5 Å². The number of hydrogen-bond acceptors (Lipinski definition) is 1. The molecule has 0 bridgehead atoms. The Morgan fingerprint density at radius 1 is 1.64 bits per heavy atom. The van der Waals surface area contributed by atoms with Crippen LogP contribution in [0.5, 0.6) is 0 Å². The summed E-state index contributed by atoms with van der Waals surface area (Å²) in [5.74, 6) is -0.393. The molecule has 0 heterocycles. The van der Waals surface area contributed by atoms with E-state index < -0.39 is 5.97 Å². The van der Waals surface area contributed by atoms with E-state index in [9.17, 15) is 4.79 Å². The molecule has 66 valence electrons.